The summed E-state index contributed by atoms with van der Waals surface area (Å²) in [6.45, 7) is 2.26. The number of benzene rings is 1. The van der Waals surface area contributed by atoms with Gasteiger partial charge in [0, 0.05) is 49.7 Å². The van der Waals surface area contributed by atoms with Crippen LogP contribution in [-0.4, -0.2) is 38.9 Å². The second kappa shape index (κ2) is 5.33. The first-order valence-electron chi connectivity index (χ1n) is 6.03. The first-order chi connectivity index (χ1) is 8.93. The lowest BCUT2D eigenvalue weighted by atomic mass is 10.1. The molecule has 0 aliphatic carbocycles. The Bertz CT molecular complexity index is 552. The van der Waals surface area contributed by atoms with Crippen LogP contribution in [0.25, 0.3) is 0 Å². The van der Waals surface area contributed by atoms with Crippen LogP contribution in [-0.2, 0) is 16.8 Å². The quantitative estimate of drug-likeness (QED) is 0.619. The van der Waals surface area contributed by atoms with Crippen molar-refractivity contribution in [2.75, 3.05) is 36.8 Å². The summed E-state index contributed by atoms with van der Waals surface area (Å²) < 4.78 is 23.8. The normalized spacial score (nSPS) is 17.7. The van der Waals surface area contributed by atoms with Crippen LogP contribution >= 0.6 is 0 Å². The molecule has 0 radical (unpaired) electrons. The van der Waals surface area contributed by atoms with Gasteiger partial charge in [0.15, 0.2) is 0 Å². The molecule has 1 saturated heterocycles. The molecular formula is C11H19N5O2S. The molecule has 106 valence electrons. The van der Waals surface area contributed by atoms with Crippen molar-refractivity contribution in [2.45, 2.75) is 6.54 Å². The van der Waals surface area contributed by atoms with Gasteiger partial charge < -0.3 is 16.4 Å². The summed E-state index contributed by atoms with van der Waals surface area (Å²) in [6.07, 6.45) is 0. The van der Waals surface area contributed by atoms with Gasteiger partial charge in [-0.1, -0.05) is 6.07 Å². The molecule has 1 fully saturated rings. The Morgan fingerprint density at radius 3 is 2.32 bits per heavy atom. The third-order valence-electron chi connectivity index (χ3n) is 3.33. The number of nitrogens with two attached hydrogens (primary N) is 3. The Kier molecular flexibility index (Phi) is 3.95. The number of nitrogen functional groups attached to an aromatic ring is 1. The van der Waals surface area contributed by atoms with E-state index in [4.69, 9.17) is 16.6 Å². The summed E-state index contributed by atoms with van der Waals surface area (Å²) in [5, 5.41) is 5.11. The van der Waals surface area contributed by atoms with Crippen molar-refractivity contribution in [1.82, 2.24) is 4.31 Å². The predicted octanol–water partition coefficient (Wildman–Crippen LogP) is -0.947. The Labute approximate surface area is 113 Å². The monoisotopic (exact) mass is 285 g/mol. The molecule has 2 rings (SSSR count). The molecule has 0 unspecified atom stereocenters. The van der Waals surface area contributed by atoms with E-state index in [1.54, 1.807) is 0 Å². The minimum atomic E-state index is -3.60. The Morgan fingerprint density at radius 2 is 1.79 bits per heavy atom. The molecular weight excluding hydrogens is 266 g/mol. The molecule has 0 saturated carbocycles. The third-order valence-corrected chi connectivity index (χ3v) is 4.42. The molecule has 0 aromatic heterocycles. The standard InChI is InChI=1S/C11H19N5O2S/c12-8-9-10(13)2-1-3-11(9)15-4-6-16(7-5-15)19(14,17)18/h1-3H,4-8,12-13H2,(H2,14,17,18). The highest BCUT2D eigenvalue weighted by atomic mass is 32.2. The lowest BCUT2D eigenvalue weighted by Gasteiger charge is -2.35. The first-order valence-corrected chi connectivity index (χ1v) is 7.54. The number of anilines is 2. The van der Waals surface area contributed by atoms with Gasteiger partial charge in [-0.05, 0) is 12.1 Å². The Morgan fingerprint density at radius 1 is 1.16 bits per heavy atom. The Hall–Kier alpha value is -1.35. The van der Waals surface area contributed by atoms with E-state index in [-0.39, 0.29) is 0 Å². The second-order valence-electron chi connectivity index (χ2n) is 4.48. The predicted molar refractivity (Wildman–Crippen MR) is 75.6 cm³/mol. The molecule has 1 aromatic rings. The fourth-order valence-corrected chi connectivity index (χ4v) is 2.97. The van der Waals surface area contributed by atoms with Crippen molar-refractivity contribution >= 4 is 21.6 Å². The maximum atomic E-state index is 11.3. The molecule has 0 amide bonds. The van der Waals surface area contributed by atoms with Gasteiger partial charge in [-0.3, -0.25) is 0 Å². The van der Waals surface area contributed by atoms with Crippen molar-refractivity contribution in [3.63, 3.8) is 0 Å². The molecule has 19 heavy (non-hydrogen) atoms. The first kappa shape index (κ1) is 14.1. The van der Waals surface area contributed by atoms with Gasteiger partial charge in [0.05, 0.1) is 0 Å². The molecule has 1 heterocycles. The van der Waals surface area contributed by atoms with Crippen LogP contribution in [0, 0.1) is 0 Å². The minimum Gasteiger partial charge on any atom is -0.398 e. The van der Waals surface area contributed by atoms with E-state index in [1.807, 2.05) is 18.2 Å². The average Bonchev–Trinajstić information content (AvgIpc) is 2.37. The molecule has 0 bridgehead atoms. The molecule has 1 aliphatic rings. The maximum absolute atomic E-state index is 11.3. The van der Waals surface area contributed by atoms with Gasteiger partial charge in [-0.25, -0.2) is 5.14 Å². The maximum Gasteiger partial charge on any atom is 0.277 e. The molecule has 7 nitrogen and oxygen atoms in total. The summed E-state index contributed by atoms with van der Waals surface area (Å²) in [6, 6.07) is 5.63. The molecule has 0 atom stereocenters. The van der Waals surface area contributed by atoms with Gasteiger partial charge >= 0.3 is 0 Å². The van der Waals surface area contributed by atoms with E-state index < -0.39 is 10.2 Å². The van der Waals surface area contributed by atoms with Crippen molar-refractivity contribution in [2.24, 2.45) is 10.9 Å². The zero-order valence-electron chi connectivity index (χ0n) is 10.6. The van der Waals surface area contributed by atoms with Crippen molar-refractivity contribution < 1.29 is 8.42 Å². The highest BCUT2D eigenvalue weighted by Crippen LogP contribution is 2.26. The van der Waals surface area contributed by atoms with E-state index in [0.717, 1.165) is 11.3 Å². The lowest BCUT2D eigenvalue weighted by Crippen LogP contribution is -2.51. The van der Waals surface area contributed by atoms with Crippen molar-refractivity contribution in [3.8, 4) is 0 Å². The summed E-state index contributed by atoms with van der Waals surface area (Å²) in [7, 11) is -3.60. The second-order valence-corrected chi connectivity index (χ2v) is 6.03. The number of piperazine rings is 1. The van der Waals surface area contributed by atoms with Crippen molar-refractivity contribution in [1.29, 1.82) is 0 Å². The van der Waals surface area contributed by atoms with Gasteiger partial charge in [0.25, 0.3) is 10.2 Å². The summed E-state index contributed by atoms with van der Waals surface area (Å²) in [4.78, 5) is 2.08. The molecule has 1 aliphatic heterocycles. The van der Waals surface area contributed by atoms with Crippen LogP contribution in [0.5, 0.6) is 0 Å². The van der Waals surface area contributed by atoms with Crippen LogP contribution in [0.2, 0.25) is 0 Å². The molecule has 0 spiro atoms. The number of hydrogen-bond donors (Lipinski definition) is 3. The van der Waals surface area contributed by atoms with Crippen molar-refractivity contribution in [3.05, 3.63) is 23.8 Å². The summed E-state index contributed by atoms with van der Waals surface area (Å²) >= 11 is 0. The zero-order valence-corrected chi connectivity index (χ0v) is 11.4. The smallest absolute Gasteiger partial charge is 0.277 e. The fourth-order valence-electron chi connectivity index (χ4n) is 2.29. The largest absolute Gasteiger partial charge is 0.398 e. The SMILES string of the molecule is NCc1c(N)cccc1N1CCN(S(N)(=O)=O)CC1. The Balaban J connectivity index is 2.16. The van der Waals surface area contributed by atoms with Gasteiger partial charge in [0.1, 0.15) is 0 Å². The van der Waals surface area contributed by atoms with Crippen LogP contribution in [0.1, 0.15) is 5.56 Å². The van der Waals surface area contributed by atoms with Gasteiger partial charge in [0.2, 0.25) is 0 Å². The highest BCUT2D eigenvalue weighted by Gasteiger charge is 2.25. The average molecular weight is 285 g/mol. The van der Waals surface area contributed by atoms with E-state index in [2.05, 4.69) is 4.90 Å². The fraction of sp³-hybridized carbons (Fsp3) is 0.455. The number of hydrogen-bond acceptors (Lipinski definition) is 5. The van der Waals surface area contributed by atoms with Gasteiger partial charge in [-0.15, -0.1) is 0 Å². The van der Waals surface area contributed by atoms with Crippen LogP contribution in [0.15, 0.2) is 18.2 Å². The molecule has 1 aromatic carbocycles. The van der Waals surface area contributed by atoms with E-state index in [1.165, 1.54) is 4.31 Å². The lowest BCUT2D eigenvalue weighted by molar-refractivity contribution is 0.385. The highest BCUT2D eigenvalue weighted by molar-refractivity contribution is 7.86. The van der Waals surface area contributed by atoms with Crippen LogP contribution in [0.4, 0.5) is 11.4 Å². The minimum absolute atomic E-state index is 0.359. The number of rotatable bonds is 3. The van der Waals surface area contributed by atoms with Crippen LogP contribution in [0.3, 0.4) is 0 Å². The zero-order chi connectivity index (χ0) is 14.0. The van der Waals surface area contributed by atoms with E-state index >= 15 is 0 Å². The number of nitrogens with zero attached hydrogens (tertiary/aromatic N) is 2. The summed E-state index contributed by atoms with van der Waals surface area (Å²) in [5.74, 6) is 0. The van der Waals surface area contributed by atoms with Crippen LogP contribution < -0.4 is 21.5 Å². The van der Waals surface area contributed by atoms with Gasteiger partial charge in [-0.2, -0.15) is 12.7 Å². The van der Waals surface area contributed by atoms with E-state index in [9.17, 15) is 8.42 Å². The topological polar surface area (TPSA) is 119 Å². The molecule has 8 heteroatoms. The molecule has 6 N–H and O–H groups in total. The van der Waals surface area contributed by atoms with E-state index in [0.29, 0.717) is 38.4 Å². The summed E-state index contributed by atoms with van der Waals surface area (Å²) in [5.41, 5.74) is 14.1. The third kappa shape index (κ3) is 2.98.